The molecule has 1 fully saturated rings. The minimum atomic E-state index is -3.11. The van der Waals surface area contributed by atoms with E-state index >= 15 is 0 Å². The lowest BCUT2D eigenvalue weighted by atomic mass is 9.98. The van der Waals surface area contributed by atoms with Crippen LogP contribution in [-0.2, 0) is 21.2 Å². The molecule has 1 amide bonds. The van der Waals surface area contributed by atoms with E-state index in [1.54, 1.807) is 0 Å². The van der Waals surface area contributed by atoms with Crippen LogP contribution in [0.4, 0.5) is 0 Å². The predicted molar refractivity (Wildman–Crippen MR) is 106 cm³/mol. The van der Waals surface area contributed by atoms with Crippen molar-refractivity contribution in [3.05, 3.63) is 27.5 Å². The zero-order valence-electron chi connectivity index (χ0n) is 14.3. The number of piperidine rings is 1. The lowest BCUT2D eigenvalue weighted by molar-refractivity contribution is -0.120. The first kappa shape index (κ1) is 19.8. The fourth-order valence-electron chi connectivity index (χ4n) is 2.86. The average molecular weight is 434 g/mol. The van der Waals surface area contributed by atoms with Crippen LogP contribution in [0.5, 0.6) is 0 Å². The van der Waals surface area contributed by atoms with Crippen molar-refractivity contribution in [2.24, 2.45) is 5.92 Å². The van der Waals surface area contributed by atoms with Gasteiger partial charge in [-0.1, -0.05) is 11.6 Å². The van der Waals surface area contributed by atoms with E-state index in [1.165, 1.54) is 33.2 Å². The van der Waals surface area contributed by atoms with Gasteiger partial charge in [-0.25, -0.2) is 17.7 Å². The number of rotatable bonds is 6. The molecule has 6 nitrogen and oxygen atoms in total. The Bertz CT molecular complexity index is 870. The lowest BCUT2D eigenvalue weighted by Gasteiger charge is -2.30. The van der Waals surface area contributed by atoms with Gasteiger partial charge in [-0.3, -0.25) is 4.79 Å². The first-order chi connectivity index (χ1) is 12.3. The summed E-state index contributed by atoms with van der Waals surface area (Å²) in [6, 6.07) is 3.77. The van der Waals surface area contributed by atoms with Gasteiger partial charge in [0.15, 0.2) is 0 Å². The van der Waals surface area contributed by atoms with E-state index in [1.807, 2.05) is 17.5 Å². The van der Waals surface area contributed by atoms with Gasteiger partial charge >= 0.3 is 0 Å². The average Bonchev–Trinajstić information content (AvgIpc) is 3.21. The van der Waals surface area contributed by atoms with Gasteiger partial charge in [-0.05, 0) is 30.9 Å². The highest BCUT2D eigenvalue weighted by Gasteiger charge is 2.25. The van der Waals surface area contributed by atoms with Gasteiger partial charge in [-0.2, -0.15) is 0 Å². The first-order valence-electron chi connectivity index (χ1n) is 8.23. The summed E-state index contributed by atoms with van der Waals surface area (Å²) in [7, 11) is -3.11. The van der Waals surface area contributed by atoms with Crippen molar-refractivity contribution in [3.8, 4) is 9.88 Å². The molecule has 0 aromatic carbocycles. The minimum Gasteiger partial charge on any atom is -0.355 e. The Morgan fingerprint density at radius 1 is 1.38 bits per heavy atom. The number of carbonyl (C=O) groups is 1. The van der Waals surface area contributed by atoms with E-state index in [-0.39, 0.29) is 12.3 Å². The number of amides is 1. The van der Waals surface area contributed by atoms with Crippen molar-refractivity contribution < 1.29 is 13.2 Å². The Balaban J connectivity index is 1.44. The number of carbonyl (C=O) groups excluding carboxylic acids is 1. The quantitative estimate of drug-likeness (QED) is 0.759. The van der Waals surface area contributed by atoms with Crippen LogP contribution in [0, 0.1) is 5.92 Å². The standard InChI is InChI=1S/C16H20ClN3O3S3/c1-26(22,23)20-6-4-11(5-7-20)9-18-15(21)8-12-10-24-16(19-12)13-2-3-14(17)25-13/h2-3,10-11H,4-9H2,1H3,(H,18,21). The van der Waals surface area contributed by atoms with E-state index < -0.39 is 10.0 Å². The maximum Gasteiger partial charge on any atom is 0.226 e. The molecule has 3 rings (SSSR count). The number of nitrogens with one attached hydrogen (secondary N) is 1. The highest BCUT2D eigenvalue weighted by atomic mass is 35.5. The maximum atomic E-state index is 12.2. The Morgan fingerprint density at radius 2 is 2.12 bits per heavy atom. The highest BCUT2D eigenvalue weighted by Crippen LogP contribution is 2.32. The number of hydrogen-bond acceptors (Lipinski definition) is 6. The van der Waals surface area contributed by atoms with E-state index in [2.05, 4.69) is 10.3 Å². The molecule has 0 aliphatic carbocycles. The van der Waals surface area contributed by atoms with Crippen molar-refractivity contribution in [2.75, 3.05) is 25.9 Å². The molecule has 0 saturated carbocycles. The predicted octanol–water partition coefficient (Wildman–Crippen LogP) is 2.86. The van der Waals surface area contributed by atoms with Crippen LogP contribution in [0.2, 0.25) is 4.34 Å². The van der Waals surface area contributed by atoms with Gasteiger partial charge in [0.05, 0.1) is 27.6 Å². The fourth-order valence-corrected chi connectivity index (χ4v) is 5.67. The molecule has 0 bridgehead atoms. The largest absolute Gasteiger partial charge is 0.355 e. The molecule has 0 unspecified atom stereocenters. The normalized spacial score (nSPS) is 16.7. The molecule has 0 radical (unpaired) electrons. The summed E-state index contributed by atoms with van der Waals surface area (Å²) in [4.78, 5) is 17.7. The Hall–Kier alpha value is -1.00. The summed E-state index contributed by atoms with van der Waals surface area (Å²) >= 11 is 8.92. The third-order valence-corrected chi connectivity index (χ3v) is 7.90. The Kier molecular flexibility index (Phi) is 6.34. The molecule has 3 heterocycles. The Morgan fingerprint density at radius 3 is 2.73 bits per heavy atom. The maximum absolute atomic E-state index is 12.2. The zero-order chi connectivity index (χ0) is 18.7. The molecule has 1 aliphatic rings. The molecular formula is C16H20ClN3O3S3. The fraction of sp³-hybridized carbons (Fsp3) is 0.500. The second kappa shape index (κ2) is 8.35. The number of thiophene rings is 1. The molecule has 0 spiro atoms. The molecule has 2 aromatic rings. The van der Waals surface area contributed by atoms with Crippen LogP contribution in [0.25, 0.3) is 9.88 Å². The monoisotopic (exact) mass is 433 g/mol. The number of hydrogen-bond donors (Lipinski definition) is 1. The summed E-state index contributed by atoms with van der Waals surface area (Å²) < 4.78 is 25.2. The van der Waals surface area contributed by atoms with Gasteiger partial charge in [0.25, 0.3) is 0 Å². The van der Waals surface area contributed by atoms with Crippen LogP contribution < -0.4 is 5.32 Å². The molecule has 10 heteroatoms. The smallest absolute Gasteiger partial charge is 0.226 e. The number of aromatic nitrogens is 1. The van der Waals surface area contributed by atoms with Crippen molar-refractivity contribution in [1.82, 2.24) is 14.6 Å². The zero-order valence-corrected chi connectivity index (χ0v) is 17.5. The number of halogens is 1. The second-order valence-corrected chi connectivity index (χ2v) is 10.9. The lowest BCUT2D eigenvalue weighted by Crippen LogP contribution is -2.41. The van der Waals surface area contributed by atoms with Crippen molar-refractivity contribution in [3.63, 3.8) is 0 Å². The molecule has 1 N–H and O–H groups in total. The number of thiazole rings is 1. The Labute approximate surface area is 166 Å². The number of nitrogens with zero attached hydrogens (tertiary/aromatic N) is 2. The summed E-state index contributed by atoms with van der Waals surface area (Å²) in [5.74, 6) is 0.257. The van der Waals surface area contributed by atoms with E-state index in [4.69, 9.17) is 11.6 Å². The summed E-state index contributed by atoms with van der Waals surface area (Å²) in [6.45, 7) is 1.63. The topological polar surface area (TPSA) is 79.4 Å². The van der Waals surface area contributed by atoms with Crippen LogP contribution in [0.1, 0.15) is 18.5 Å². The van der Waals surface area contributed by atoms with Crippen LogP contribution in [0.15, 0.2) is 17.5 Å². The molecule has 142 valence electrons. The van der Waals surface area contributed by atoms with Crippen LogP contribution >= 0.6 is 34.3 Å². The van der Waals surface area contributed by atoms with Crippen LogP contribution in [0.3, 0.4) is 0 Å². The van der Waals surface area contributed by atoms with Gasteiger partial charge in [0, 0.05) is 25.0 Å². The van der Waals surface area contributed by atoms with Crippen LogP contribution in [-0.4, -0.2) is 49.5 Å². The van der Waals surface area contributed by atoms with E-state index in [0.29, 0.717) is 25.6 Å². The summed E-state index contributed by atoms with van der Waals surface area (Å²) in [6.07, 6.45) is 3.03. The van der Waals surface area contributed by atoms with Gasteiger partial charge in [-0.15, -0.1) is 22.7 Å². The van der Waals surface area contributed by atoms with Gasteiger partial charge in [0.1, 0.15) is 5.01 Å². The minimum absolute atomic E-state index is 0.0587. The molecule has 26 heavy (non-hydrogen) atoms. The number of sulfonamides is 1. The molecule has 0 atom stereocenters. The van der Waals surface area contributed by atoms with Crippen molar-refractivity contribution >= 4 is 50.2 Å². The molecule has 2 aromatic heterocycles. The SMILES string of the molecule is CS(=O)(=O)N1CCC(CNC(=O)Cc2csc(-c3ccc(Cl)s3)n2)CC1. The third kappa shape index (κ3) is 5.26. The first-order valence-corrected chi connectivity index (χ1v) is 12.2. The molecule has 1 aliphatic heterocycles. The van der Waals surface area contributed by atoms with E-state index in [9.17, 15) is 13.2 Å². The van der Waals surface area contributed by atoms with E-state index in [0.717, 1.165) is 32.8 Å². The highest BCUT2D eigenvalue weighted by molar-refractivity contribution is 7.88. The summed E-state index contributed by atoms with van der Waals surface area (Å²) in [5, 5.41) is 5.72. The summed E-state index contributed by atoms with van der Waals surface area (Å²) in [5.41, 5.74) is 0.749. The molecule has 1 saturated heterocycles. The second-order valence-electron chi connectivity index (χ2n) is 6.33. The molecular weight excluding hydrogens is 414 g/mol. The van der Waals surface area contributed by atoms with Gasteiger partial charge < -0.3 is 5.32 Å². The van der Waals surface area contributed by atoms with Crippen molar-refractivity contribution in [2.45, 2.75) is 19.3 Å². The van der Waals surface area contributed by atoms with Gasteiger partial charge in [0.2, 0.25) is 15.9 Å². The van der Waals surface area contributed by atoms with Crippen molar-refractivity contribution in [1.29, 1.82) is 0 Å². The third-order valence-electron chi connectivity index (χ3n) is 4.31.